The van der Waals surface area contributed by atoms with Crippen LogP contribution in [0.4, 0.5) is 5.13 Å². The summed E-state index contributed by atoms with van der Waals surface area (Å²) in [6.07, 6.45) is 1.81. The SMILES string of the molecule is c1cnc2sc(N3CCOCC3)nc2c1. The molecule has 0 amide bonds. The van der Waals surface area contributed by atoms with Gasteiger partial charge in [0.25, 0.3) is 0 Å². The van der Waals surface area contributed by atoms with Crippen molar-refractivity contribution in [1.82, 2.24) is 9.97 Å². The van der Waals surface area contributed by atoms with Crippen molar-refractivity contribution in [3.05, 3.63) is 18.3 Å². The molecule has 5 heteroatoms. The lowest BCUT2D eigenvalue weighted by molar-refractivity contribution is 0.122. The molecule has 0 aliphatic carbocycles. The molecule has 0 unspecified atom stereocenters. The van der Waals surface area contributed by atoms with E-state index in [1.165, 1.54) is 0 Å². The highest BCUT2D eigenvalue weighted by Crippen LogP contribution is 2.27. The van der Waals surface area contributed by atoms with Gasteiger partial charge >= 0.3 is 0 Å². The lowest BCUT2D eigenvalue weighted by Gasteiger charge is -2.25. The van der Waals surface area contributed by atoms with Gasteiger partial charge in [0.2, 0.25) is 0 Å². The number of anilines is 1. The molecule has 3 heterocycles. The average molecular weight is 221 g/mol. The molecule has 15 heavy (non-hydrogen) atoms. The first-order valence-corrected chi connectivity index (χ1v) is 5.79. The number of fused-ring (bicyclic) bond motifs is 1. The molecule has 1 aliphatic heterocycles. The van der Waals surface area contributed by atoms with Gasteiger partial charge in [-0.3, -0.25) is 0 Å². The first-order chi connectivity index (χ1) is 7.43. The fourth-order valence-electron chi connectivity index (χ4n) is 1.65. The molecular formula is C10H11N3OS. The Morgan fingerprint density at radius 2 is 2.20 bits per heavy atom. The minimum absolute atomic E-state index is 0.795. The number of pyridine rings is 1. The molecule has 0 aromatic carbocycles. The van der Waals surface area contributed by atoms with Crippen LogP contribution in [0.2, 0.25) is 0 Å². The second kappa shape index (κ2) is 3.75. The monoisotopic (exact) mass is 221 g/mol. The maximum absolute atomic E-state index is 5.31. The summed E-state index contributed by atoms with van der Waals surface area (Å²) >= 11 is 1.65. The van der Waals surface area contributed by atoms with Gasteiger partial charge in [0.05, 0.1) is 13.2 Å². The number of thiazole rings is 1. The third kappa shape index (κ3) is 1.68. The van der Waals surface area contributed by atoms with E-state index in [0.717, 1.165) is 41.8 Å². The summed E-state index contributed by atoms with van der Waals surface area (Å²) < 4.78 is 5.31. The van der Waals surface area contributed by atoms with Crippen molar-refractivity contribution in [2.24, 2.45) is 0 Å². The van der Waals surface area contributed by atoms with Crippen LogP contribution >= 0.6 is 11.3 Å². The lowest BCUT2D eigenvalue weighted by atomic mass is 10.4. The quantitative estimate of drug-likeness (QED) is 0.732. The molecule has 78 valence electrons. The van der Waals surface area contributed by atoms with Crippen LogP contribution < -0.4 is 4.90 Å². The summed E-state index contributed by atoms with van der Waals surface area (Å²) in [6, 6.07) is 3.92. The molecule has 2 aromatic rings. The van der Waals surface area contributed by atoms with Crippen molar-refractivity contribution in [3.8, 4) is 0 Å². The fraction of sp³-hybridized carbons (Fsp3) is 0.400. The van der Waals surface area contributed by atoms with Gasteiger partial charge in [-0.25, -0.2) is 9.97 Å². The summed E-state index contributed by atoms with van der Waals surface area (Å²) in [5, 5.41) is 1.06. The number of hydrogen-bond donors (Lipinski definition) is 0. The largest absolute Gasteiger partial charge is 0.378 e. The Balaban J connectivity index is 1.96. The number of aromatic nitrogens is 2. The first kappa shape index (κ1) is 9.06. The first-order valence-electron chi connectivity index (χ1n) is 4.98. The standard InChI is InChI=1S/C10H11N3OS/c1-2-8-9(11-3-1)15-10(12-8)13-4-6-14-7-5-13/h1-3H,4-7H2. The summed E-state index contributed by atoms with van der Waals surface area (Å²) in [5.41, 5.74) is 0.990. The Morgan fingerprint density at radius 1 is 1.33 bits per heavy atom. The molecule has 1 saturated heterocycles. The molecule has 0 spiro atoms. The maximum atomic E-state index is 5.31. The minimum atomic E-state index is 0.795. The summed E-state index contributed by atoms with van der Waals surface area (Å²) in [5.74, 6) is 0. The number of nitrogens with zero attached hydrogens (tertiary/aromatic N) is 3. The fourth-order valence-corrected chi connectivity index (χ4v) is 2.61. The molecule has 0 radical (unpaired) electrons. The minimum Gasteiger partial charge on any atom is -0.378 e. The Bertz CT molecular complexity index is 431. The van der Waals surface area contributed by atoms with Gasteiger partial charge < -0.3 is 9.64 Å². The summed E-state index contributed by atoms with van der Waals surface area (Å²) in [7, 11) is 0. The van der Waals surface area contributed by atoms with Gasteiger partial charge in [-0.15, -0.1) is 0 Å². The van der Waals surface area contributed by atoms with Crippen LogP contribution in [-0.4, -0.2) is 36.3 Å². The number of rotatable bonds is 1. The Kier molecular flexibility index (Phi) is 2.26. The molecule has 2 aromatic heterocycles. The average Bonchev–Trinajstić information content (AvgIpc) is 2.74. The van der Waals surface area contributed by atoms with E-state index in [1.54, 1.807) is 11.3 Å². The van der Waals surface area contributed by atoms with Gasteiger partial charge in [-0.2, -0.15) is 0 Å². The third-order valence-corrected chi connectivity index (χ3v) is 3.48. The van der Waals surface area contributed by atoms with Gasteiger partial charge in [0.1, 0.15) is 10.3 Å². The zero-order valence-electron chi connectivity index (χ0n) is 8.22. The Labute approximate surface area is 91.5 Å². The topological polar surface area (TPSA) is 38.2 Å². The molecule has 0 atom stereocenters. The zero-order chi connectivity index (χ0) is 10.1. The molecule has 4 nitrogen and oxygen atoms in total. The van der Waals surface area contributed by atoms with E-state index in [1.807, 2.05) is 18.3 Å². The van der Waals surface area contributed by atoms with Gasteiger partial charge in [0, 0.05) is 19.3 Å². The van der Waals surface area contributed by atoms with Crippen LogP contribution in [0.3, 0.4) is 0 Å². The van der Waals surface area contributed by atoms with Crippen LogP contribution in [-0.2, 0) is 4.74 Å². The highest BCUT2D eigenvalue weighted by Gasteiger charge is 2.15. The van der Waals surface area contributed by atoms with E-state index >= 15 is 0 Å². The molecule has 1 fully saturated rings. The smallest absolute Gasteiger partial charge is 0.188 e. The Hall–Kier alpha value is -1.20. The lowest BCUT2D eigenvalue weighted by Crippen LogP contribution is -2.36. The Morgan fingerprint density at radius 3 is 3.00 bits per heavy atom. The van der Waals surface area contributed by atoms with E-state index in [9.17, 15) is 0 Å². The van der Waals surface area contributed by atoms with Crippen molar-refractivity contribution in [2.75, 3.05) is 31.2 Å². The summed E-state index contributed by atoms with van der Waals surface area (Å²) in [6.45, 7) is 3.45. The second-order valence-electron chi connectivity index (χ2n) is 3.42. The predicted molar refractivity (Wildman–Crippen MR) is 60.4 cm³/mol. The highest BCUT2D eigenvalue weighted by atomic mass is 32.1. The molecule has 1 aliphatic rings. The van der Waals surface area contributed by atoms with Gasteiger partial charge in [-0.1, -0.05) is 11.3 Å². The number of ether oxygens (including phenoxy) is 1. The normalized spacial score (nSPS) is 17.2. The van der Waals surface area contributed by atoms with Crippen LogP contribution in [0.25, 0.3) is 10.3 Å². The van der Waals surface area contributed by atoms with Gasteiger partial charge in [0.15, 0.2) is 5.13 Å². The van der Waals surface area contributed by atoms with Crippen LogP contribution in [0.5, 0.6) is 0 Å². The van der Waals surface area contributed by atoms with E-state index in [-0.39, 0.29) is 0 Å². The molecule has 0 bridgehead atoms. The van der Waals surface area contributed by atoms with E-state index in [0.29, 0.717) is 0 Å². The predicted octanol–water partition coefficient (Wildman–Crippen LogP) is 1.53. The molecule has 0 N–H and O–H groups in total. The summed E-state index contributed by atoms with van der Waals surface area (Å²) in [4.78, 5) is 12.1. The van der Waals surface area contributed by atoms with E-state index in [4.69, 9.17) is 4.74 Å². The maximum Gasteiger partial charge on any atom is 0.188 e. The van der Waals surface area contributed by atoms with Crippen LogP contribution in [0.1, 0.15) is 0 Å². The van der Waals surface area contributed by atoms with Crippen molar-refractivity contribution >= 4 is 26.8 Å². The molecule has 3 rings (SSSR count). The van der Waals surface area contributed by atoms with Crippen LogP contribution in [0, 0.1) is 0 Å². The molecular weight excluding hydrogens is 210 g/mol. The van der Waals surface area contributed by atoms with Crippen molar-refractivity contribution in [3.63, 3.8) is 0 Å². The number of morpholine rings is 1. The number of hydrogen-bond acceptors (Lipinski definition) is 5. The highest BCUT2D eigenvalue weighted by molar-refractivity contribution is 7.21. The van der Waals surface area contributed by atoms with E-state index in [2.05, 4.69) is 14.9 Å². The third-order valence-electron chi connectivity index (χ3n) is 2.44. The van der Waals surface area contributed by atoms with Crippen molar-refractivity contribution in [2.45, 2.75) is 0 Å². The van der Waals surface area contributed by atoms with Crippen LogP contribution in [0.15, 0.2) is 18.3 Å². The van der Waals surface area contributed by atoms with E-state index < -0.39 is 0 Å². The zero-order valence-corrected chi connectivity index (χ0v) is 9.04. The van der Waals surface area contributed by atoms with Crippen molar-refractivity contribution < 1.29 is 4.74 Å². The second-order valence-corrected chi connectivity index (χ2v) is 4.38. The van der Waals surface area contributed by atoms with Gasteiger partial charge in [-0.05, 0) is 12.1 Å². The molecule has 0 saturated carbocycles. The van der Waals surface area contributed by atoms with Crippen molar-refractivity contribution in [1.29, 1.82) is 0 Å².